The number of carbonyl (C=O) groups excluding carboxylic acids is 1. The van der Waals surface area contributed by atoms with Crippen molar-refractivity contribution < 1.29 is 18.0 Å². The average Bonchev–Trinajstić information content (AvgIpc) is 2.53. The average molecular weight is 321 g/mol. The molecule has 0 saturated heterocycles. The first kappa shape index (κ1) is 17.1. The summed E-state index contributed by atoms with van der Waals surface area (Å²) in [6, 6.07) is 12.1. The van der Waals surface area contributed by atoms with Gasteiger partial charge in [-0.1, -0.05) is 24.3 Å². The van der Waals surface area contributed by atoms with Gasteiger partial charge in [-0.2, -0.15) is 13.2 Å². The Morgan fingerprint density at radius 3 is 2.17 bits per heavy atom. The van der Waals surface area contributed by atoms with Gasteiger partial charge in [0.2, 0.25) is 0 Å². The third-order valence-corrected chi connectivity index (χ3v) is 3.75. The fourth-order valence-corrected chi connectivity index (χ4v) is 2.30. The summed E-state index contributed by atoms with van der Waals surface area (Å²) >= 11 is 0. The molecule has 0 aromatic heterocycles. The maximum atomic E-state index is 12.6. The highest BCUT2D eigenvalue weighted by Crippen LogP contribution is 2.29. The highest BCUT2D eigenvalue weighted by atomic mass is 19.4. The second-order valence-corrected chi connectivity index (χ2v) is 5.32. The van der Waals surface area contributed by atoms with Crippen molar-refractivity contribution in [3.05, 3.63) is 70.8 Å². The molecule has 0 aliphatic carbocycles. The minimum Gasteiger partial charge on any atom is -0.335 e. The molecule has 0 saturated carbocycles. The molecule has 0 fully saturated rings. The van der Waals surface area contributed by atoms with Gasteiger partial charge in [-0.15, -0.1) is 0 Å². The molecule has 122 valence electrons. The summed E-state index contributed by atoms with van der Waals surface area (Å²) < 4.78 is 37.7. The molecule has 23 heavy (non-hydrogen) atoms. The Bertz CT molecular complexity index is 677. The maximum absolute atomic E-state index is 12.6. The number of carbonyl (C=O) groups is 1. The van der Waals surface area contributed by atoms with Crippen molar-refractivity contribution in [3.63, 3.8) is 0 Å². The van der Waals surface area contributed by atoms with Crippen LogP contribution in [0.5, 0.6) is 0 Å². The van der Waals surface area contributed by atoms with Gasteiger partial charge in [0.15, 0.2) is 0 Å². The Balaban J connectivity index is 2.18. The highest BCUT2D eigenvalue weighted by molar-refractivity contribution is 5.94. The zero-order chi connectivity index (χ0) is 17.0. The van der Waals surface area contributed by atoms with Gasteiger partial charge in [0.1, 0.15) is 0 Å². The molecule has 2 aromatic rings. The van der Waals surface area contributed by atoms with Gasteiger partial charge in [0, 0.05) is 18.7 Å². The standard InChI is InChI=1S/C18H18F3NO/c1-3-22(12-15-7-5-4-6-13(15)2)17(23)14-8-10-16(11-9-14)18(19,20)21/h4-11H,3,12H2,1-2H3. The minimum absolute atomic E-state index is 0.258. The second kappa shape index (κ2) is 6.86. The molecule has 0 aliphatic heterocycles. The quantitative estimate of drug-likeness (QED) is 0.801. The molecule has 0 aliphatic rings. The lowest BCUT2D eigenvalue weighted by molar-refractivity contribution is -0.137. The lowest BCUT2D eigenvalue weighted by atomic mass is 10.1. The van der Waals surface area contributed by atoms with E-state index in [2.05, 4.69) is 0 Å². The number of benzene rings is 2. The largest absolute Gasteiger partial charge is 0.416 e. The topological polar surface area (TPSA) is 20.3 Å². The SMILES string of the molecule is CCN(Cc1ccccc1C)C(=O)c1ccc(C(F)(F)F)cc1. The van der Waals surface area contributed by atoms with E-state index in [9.17, 15) is 18.0 Å². The summed E-state index contributed by atoms with van der Waals surface area (Å²) in [4.78, 5) is 14.1. The molecular weight excluding hydrogens is 303 g/mol. The molecule has 5 heteroatoms. The van der Waals surface area contributed by atoms with Crippen LogP contribution < -0.4 is 0 Å². The number of hydrogen-bond acceptors (Lipinski definition) is 1. The van der Waals surface area contributed by atoms with Crippen molar-refractivity contribution in [2.75, 3.05) is 6.54 Å². The van der Waals surface area contributed by atoms with E-state index in [-0.39, 0.29) is 11.5 Å². The van der Waals surface area contributed by atoms with Crippen LogP contribution in [0.25, 0.3) is 0 Å². The van der Waals surface area contributed by atoms with Crippen molar-refractivity contribution in [2.45, 2.75) is 26.6 Å². The van der Waals surface area contributed by atoms with Crippen LogP contribution in [-0.4, -0.2) is 17.4 Å². The monoisotopic (exact) mass is 321 g/mol. The van der Waals surface area contributed by atoms with Crippen LogP contribution in [0.3, 0.4) is 0 Å². The molecule has 1 amide bonds. The van der Waals surface area contributed by atoms with E-state index >= 15 is 0 Å². The first-order valence-corrected chi connectivity index (χ1v) is 7.34. The van der Waals surface area contributed by atoms with Crippen LogP contribution in [0, 0.1) is 6.92 Å². The third-order valence-electron chi connectivity index (χ3n) is 3.75. The summed E-state index contributed by atoms with van der Waals surface area (Å²) in [5, 5.41) is 0. The lowest BCUT2D eigenvalue weighted by Gasteiger charge is -2.22. The Morgan fingerprint density at radius 1 is 1.04 bits per heavy atom. The first-order chi connectivity index (χ1) is 10.8. The molecule has 0 atom stereocenters. The summed E-state index contributed by atoms with van der Waals surface area (Å²) in [5.41, 5.74) is 1.60. The van der Waals surface area contributed by atoms with Crippen LogP contribution in [-0.2, 0) is 12.7 Å². The number of halogens is 3. The van der Waals surface area contributed by atoms with Crippen LogP contribution in [0.15, 0.2) is 48.5 Å². The zero-order valence-electron chi connectivity index (χ0n) is 13.0. The van der Waals surface area contributed by atoms with E-state index in [1.54, 1.807) is 4.90 Å². The highest BCUT2D eigenvalue weighted by Gasteiger charge is 2.30. The summed E-state index contributed by atoms with van der Waals surface area (Å²) in [6.45, 7) is 4.73. The molecule has 0 unspecified atom stereocenters. The minimum atomic E-state index is -4.40. The van der Waals surface area contributed by atoms with Gasteiger partial charge in [0.05, 0.1) is 5.56 Å². The van der Waals surface area contributed by atoms with Crippen LogP contribution in [0.2, 0.25) is 0 Å². The maximum Gasteiger partial charge on any atom is 0.416 e. The zero-order valence-corrected chi connectivity index (χ0v) is 13.0. The van der Waals surface area contributed by atoms with Crippen molar-refractivity contribution >= 4 is 5.91 Å². The Hall–Kier alpha value is -2.30. The van der Waals surface area contributed by atoms with Crippen LogP contribution >= 0.6 is 0 Å². The lowest BCUT2D eigenvalue weighted by Crippen LogP contribution is -2.30. The molecule has 0 radical (unpaired) electrons. The van der Waals surface area contributed by atoms with Gasteiger partial charge < -0.3 is 4.90 Å². The molecule has 0 bridgehead atoms. The van der Waals surface area contributed by atoms with E-state index in [4.69, 9.17) is 0 Å². The van der Waals surface area contributed by atoms with E-state index in [0.717, 1.165) is 23.3 Å². The van der Waals surface area contributed by atoms with Gasteiger partial charge in [-0.25, -0.2) is 0 Å². The predicted molar refractivity (Wildman–Crippen MR) is 83.0 cm³/mol. The fourth-order valence-electron chi connectivity index (χ4n) is 2.30. The predicted octanol–water partition coefficient (Wildman–Crippen LogP) is 4.68. The van der Waals surface area contributed by atoms with E-state index < -0.39 is 11.7 Å². The summed E-state index contributed by atoms with van der Waals surface area (Å²) in [6.07, 6.45) is -4.40. The Labute approximate surface area is 133 Å². The van der Waals surface area contributed by atoms with Crippen LogP contribution in [0.4, 0.5) is 13.2 Å². The van der Waals surface area contributed by atoms with Crippen molar-refractivity contribution in [2.24, 2.45) is 0 Å². The molecule has 0 heterocycles. The Morgan fingerprint density at radius 2 is 1.65 bits per heavy atom. The Kier molecular flexibility index (Phi) is 5.08. The number of hydrogen-bond donors (Lipinski definition) is 0. The molecule has 2 nitrogen and oxygen atoms in total. The van der Waals surface area contributed by atoms with Gasteiger partial charge in [-0.3, -0.25) is 4.79 Å². The summed E-state index contributed by atoms with van der Waals surface area (Å²) in [7, 11) is 0. The fraction of sp³-hybridized carbons (Fsp3) is 0.278. The van der Waals surface area contributed by atoms with E-state index in [1.165, 1.54) is 12.1 Å². The third kappa shape index (κ3) is 4.12. The van der Waals surface area contributed by atoms with Gasteiger partial charge >= 0.3 is 6.18 Å². The first-order valence-electron chi connectivity index (χ1n) is 7.34. The number of nitrogens with zero attached hydrogens (tertiary/aromatic N) is 1. The van der Waals surface area contributed by atoms with Crippen molar-refractivity contribution in [3.8, 4) is 0 Å². The second-order valence-electron chi connectivity index (χ2n) is 5.32. The van der Waals surface area contributed by atoms with Crippen molar-refractivity contribution in [1.82, 2.24) is 4.90 Å². The molecule has 2 rings (SSSR count). The molecule has 0 spiro atoms. The smallest absolute Gasteiger partial charge is 0.335 e. The molecule has 2 aromatic carbocycles. The summed E-state index contributed by atoms with van der Waals surface area (Å²) in [5.74, 6) is -0.274. The van der Waals surface area contributed by atoms with E-state index in [1.807, 2.05) is 38.1 Å². The number of rotatable bonds is 4. The molecular formula is C18H18F3NO. The van der Waals surface area contributed by atoms with Gasteiger partial charge in [0.25, 0.3) is 5.91 Å². The van der Waals surface area contributed by atoms with Crippen molar-refractivity contribution in [1.29, 1.82) is 0 Å². The van der Waals surface area contributed by atoms with Gasteiger partial charge in [-0.05, 0) is 49.2 Å². The normalized spacial score (nSPS) is 11.3. The van der Waals surface area contributed by atoms with E-state index in [0.29, 0.717) is 13.1 Å². The number of aryl methyl sites for hydroxylation is 1. The van der Waals surface area contributed by atoms with Crippen LogP contribution in [0.1, 0.15) is 34.0 Å². The number of amides is 1. The number of alkyl halides is 3. The molecule has 0 N–H and O–H groups in total.